The van der Waals surface area contributed by atoms with Crippen molar-refractivity contribution in [3.8, 4) is 0 Å². The third-order valence-electron chi connectivity index (χ3n) is 5.24. The first-order valence-electron chi connectivity index (χ1n) is 10.2. The number of likely N-dealkylation sites (tertiary alicyclic amines) is 1. The maximum absolute atomic E-state index is 11.9. The Bertz CT molecular complexity index is 516. The fourth-order valence-corrected chi connectivity index (χ4v) is 3.60. The van der Waals surface area contributed by atoms with Crippen molar-refractivity contribution in [2.24, 2.45) is 10.9 Å². The molecule has 0 aromatic carbocycles. The number of hydrogen-bond donors (Lipinski definition) is 1. The number of carbonyl (C=O) groups excluding carboxylic acids is 2. The molecule has 2 heterocycles. The van der Waals surface area contributed by atoms with Gasteiger partial charge in [-0.1, -0.05) is 0 Å². The van der Waals surface area contributed by atoms with E-state index < -0.39 is 0 Å². The summed E-state index contributed by atoms with van der Waals surface area (Å²) < 4.78 is 5.15. The van der Waals surface area contributed by atoms with Crippen LogP contribution in [0, 0.1) is 5.92 Å². The molecule has 9 heteroatoms. The van der Waals surface area contributed by atoms with E-state index >= 15 is 0 Å². The number of aliphatic imine (C=N–C) groups is 1. The fraction of sp³-hybridized carbons (Fsp3) is 0.842. The summed E-state index contributed by atoms with van der Waals surface area (Å²) in [6, 6.07) is 0. The van der Waals surface area contributed by atoms with Crippen LogP contribution in [-0.2, 0) is 14.3 Å². The Morgan fingerprint density at radius 1 is 1.04 bits per heavy atom. The van der Waals surface area contributed by atoms with Gasteiger partial charge in [-0.3, -0.25) is 19.5 Å². The second kappa shape index (κ2) is 13.2. The highest BCUT2D eigenvalue weighted by molar-refractivity contribution is 14.0. The number of halogens is 1. The van der Waals surface area contributed by atoms with Crippen molar-refractivity contribution < 1.29 is 14.3 Å². The maximum Gasteiger partial charge on any atom is 0.309 e. The molecule has 0 aromatic rings. The predicted octanol–water partition coefficient (Wildman–Crippen LogP) is 1.01. The van der Waals surface area contributed by atoms with Gasteiger partial charge in [0.05, 0.1) is 19.1 Å². The van der Waals surface area contributed by atoms with E-state index in [1.54, 1.807) is 6.92 Å². The number of ether oxygens (including phenoxy) is 1. The van der Waals surface area contributed by atoms with Crippen LogP contribution >= 0.6 is 24.0 Å². The zero-order valence-electron chi connectivity index (χ0n) is 17.5. The van der Waals surface area contributed by atoms with E-state index in [1.165, 1.54) is 0 Å². The number of rotatable bonds is 6. The Hall–Kier alpha value is -1.10. The third-order valence-corrected chi connectivity index (χ3v) is 5.24. The number of hydrogen-bond acceptors (Lipinski definition) is 5. The molecule has 2 aliphatic heterocycles. The second-order valence-corrected chi connectivity index (χ2v) is 7.10. The number of carbonyl (C=O) groups is 2. The monoisotopic (exact) mass is 509 g/mol. The molecule has 0 aromatic heterocycles. The van der Waals surface area contributed by atoms with Gasteiger partial charge in [0, 0.05) is 59.3 Å². The average Bonchev–Trinajstić information content (AvgIpc) is 2.68. The third kappa shape index (κ3) is 7.73. The van der Waals surface area contributed by atoms with E-state index in [9.17, 15) is 9.59 Å². The summed E-state index contributed by atoms with van der Waals surface area (Å²) in [5.74, 6) is 1.04. The molecule has 0 atom stereocenters. The van der Waals surface area contributed by atoms with Crippen LogP contribution < -0.4 is 5.32 Å². The zero-order valence-corrected chi connectivity index (χ0v) is 19.8. The normalized spacial score (nSPS) is 19.2. The number of piperidine rings is 1. The van der Waals surface area contributed by atoms with Crippen molar-refractivity contribution in [3.63, 3.8) is 0 Å². The first-order valence-corrected chi connectivity index (χ1v) is 10.2. The minimum atomic E-state index is -0.0659. The summed E-state index contributed by atoms with van der Waals surface area (Å²) in [5, 5.41) is 3.37. The molecule has 2 fully saturated rings. The maximum atomic E-state index is 11.9. The van der Waals surface area contributed by atoms with Gasteiger partial charge in [0.25, 0.3) is 0 Å². The van der Waals surface area contributed by atoms with Crippen molar-refractivity contribution in [1.29, 1.82) is 0 Å². The number of nitrogens with zero attached hydrogens (tertiary/aromatic N) is 4. The molecule has 0 spiro atoms. The lowest BCUT2D eigenvalue weighted by Crippen LogP contribution is -2.49. The van der Waals surface area contributed by atoms with E-state index in [1.807, 2.05) is 11.8 Å². The molecule has 2 rings (SSSR count). The van der Waals surface area contributed by atoms with Crippen molar-refractivity contribution >= 4 is 41.8 Å². The topological polar surface area (TPSA) is 77.5 Å². The van der Waals surface area contributed by atoms with Gasteiger partial charge in [0.15, 0.2) is 5.96 Å². The molecule has 1 N–H and O–H groups in total. The van der Waals surface area contributed by atoms with Crippen molar-refractivity contribution in [2.75, 3.05) is 65.5 Å². The molecule has 28 heavy (non-hydrogen) atoms. The Morgan fingerprint density at radius 2 is 1.68 bits per heavy atom. The molecule has 2 aliphatic rings. The molecule has 0 aliphatic carbocycles. The summed E-state index contributed by atoms with van der Waals surface area (Å²) >= 11 is 0. The van der Waals surface area contributed by atoms with Gasteiger partial charge in [-0.2, -0.15) is 0 Å². The molecule has 8 nitrogen and oxygen atoms in total. The standard InChI is InChI=1S/C19H35N5O3.HI/c1-4-20-19(24-9-6-17(7-10-24)18(26)27-5-2)21-8-11-22-12-14-23(15-13-22)16(3)25;/h17H,4-15H2,1-3H3,(H,20,21);1H. The Balaban J connectivity index is 0.00000392. The highest BCUT2D eigenvalue weighted by Crippen LogP contribution is 2.18. The molecule has 0 bridgehead atoms. The number of piperazine rings is 1. The summed E-state index contributed by atoms with van der Waals surface area (Å²) in [4.78, 5) is 34.6. The van der Waals surface area contributed by atoms with Crippen LogP contribution in [0.1, 0.15) is 33.6 Å². The SMILES string of the molecule is CCNC(=NCCN1CCN(C(C)=O)CC1)N1CCC(C(=O)OCC)CC1.I. The van der Waals surface area contributed by atoms with Crippen LogP contribution in [0.25, 0.3) is 0 Å². The second-order valence-electron chi connectivity index (χ2n) is 7.10. The molecule has 1 amide bonds. The van der Waals surface area contributed by atoms with Crippen LogP contribution in [0.15, 0.2) is 4.99 Å². The summed E-state index contributed by atoms with van der Waals surface area (Å²) in [7, 11) is 0. The first kappa shape index (κ1) is 24.9. The largest absolute Gasteiger partial charge is 0.466 e. The van der Waals surface area contributed by atoms with Gasteiger partial charge in [0.2, 0.25) is 5.91 Å². The number of amides is 1. The van der Waals surface area contributed by atoms with Crippen molar-refractivity contribution in [1.82, 2.24) is 20.0 Å². The van der Waals surface area contributed by atoms with E-state index in [0.717, 1.165) is 77.7 Å². The minimum Gasteiger partial charge on any atom is -0.466 e. The summed E-state index contributed by atoms with van der Waals surface area (Å²) in [6.45, 7) is 13.6. The predicted molar refractivity (Wildman–Crippen MR) is 121 cm³/mol. The van der Waals surface area contributed by atoms with E-state index in [4.69, 9.17) is 9.73 Å². The Labute approximate surface area is 186 Å². The van der Waals surface area contributed by atoms with Gasteiger partial charge >= 0.3 is 5.97 Å². The summed E-state index contributed by atoms with van der Waals surface area (Å²) in [6.07, 6.45) is 1.63. The van der Waals surface area contributed by atoms with E-state index in [2.05, 4.69) is 22.0 Å². The van der Waals surface area contributed by atoms with Crippen LogP contribution in [0.4, 0.5) is 0 Å². The summed E-state index contributed by atoms with van der Waals surface area (Å²) in [5.41, 5.74) is 0. The average molecular weight is 509 g/mol. The van der Waals surface area contributed by atoms with Crippen LogP contribution in [0.2, 0.25) is 0 Å². The molecular formula is C19H36IN5O3. The smallest absolute Gasteiger partial charge is 0.309 e. The number of guanidine groups is 1. The fourth-order valence-electron chi connectivity index (χ4n) is 3.60. The zero-order chi connectivity index (χ0) is 19.6. The number of nitrogens with one attached hydrogen (secondary N) is 1. The lowest BCUT2D eigenvalue weighted by molar-refractivity contribution is -0.149. The minimum absolute atomic E-state index is 0. The Morgan fingerprint density at radius 3 is 2.21 bits per heavy atom. The van der Waals surface area contributed by atoms with Crippen LogP contribution in [0.5, 0.6) is 0 Å². The van der Waals surface area contributed by atoms with Crippen molar-refractivity contribution in [2.45, 2.75) is 33.6 Å². The first-order chi connectivity index (χ1) is 13.0. The molecule has 0 radical (unpaired) electrons. The Kier molecular flexibility index (Phi) is 11.7. The molecular weight excluding hydrogens is 473 g/mol. The van der Waals surface area contributed by atoms with Crippen LogP contribution in [0.3, 0.4) is 0 Å². The lowest BCUT2D eigenvalue weighted by Gasteiger charge is -2.34. The van der Waals surface area contributed by atoms with Crippen LogP contribution in [-0.4, -0.2) is 98.0 Å². The van der Waals surface area contributed by atoms with Crippen molar-refractivity contribution in [3.05, 3.63) is 0 Å². The quantitative estimate of drug-likeness (QED) is 0.249. The highest BCUT2D eigenvalue weighted by atomic mass is 127. The van der Waals surface area contributed by atoms with Gasteiger partial charge in [-0.05, 0) is 26.7 Å². The molecule has 0 saturated carbocycles. The highest BCUT2D eigenvalue weighted by Gasteiger charge is 2.27. The molecule has 2 saturated heterocycles. The molecule has 0 unspecified atom stereocenters. The van der Waals surface area contributed by atoms with Gasteiger partial charge in [-0.25, -0.2) is 0 Å². The van der Waals surface area contributed by atoms with Gasteiger partial charge in [-0.15, -0.1) is 24.0 Å². The van der Waals surface area contributed by atoms with Gasteiger partial charge < -0.3 is 19.9 Å². The van der Waals surface area contributed by atoms with E-state index in [0.29, 0.717) is 6.61 Å². The van der Waals surface area contributed by atoms with E-state index in [-0.39, 0.29) is 41.8 Å². The lowest BCUT2D eigenvalue weighted by atomic mass is 9.97. The number of esters is 1. The molecule has 162 valence electrons. The van der Waals surface area contributed by atoms with Gasteiger partial charge in [0.1, 0.15) is 0 Å².